The van der Waals surface area contributed by atoms with Gasteiger partial charge in [0.15, 0.2) is 0 Å². The van der Waals surface area contributed by atoms with Gasteiger partial charge in [0, 0.05) is 36.2 Å². The summed E-state index contributed by atoms with van der Waals surface area (Å²) in [4.78, 5) is 22.0. The SMILES string of the molecule is CC(N=O)c1ccc(-c2ccnc(Nc3ccc(N4CCOCC4)cc3)n2)cc1. The van der Waals surface area contributed by atoms with E-state index in [9.17, 15) is 4.91 Å². The van der Waals surface area contributed by atoms with Crippen molar-refractivity contribution in [2.45, 2.75) is 13.0 Å². The van der Waals surface area contributed by atoms with Gasteiger partial charge in [-0.1, -0.05) is 29.4 Å². The van der Waals surface area contributed by atoms with E-state index in [2.05, 4.69) is 37.5 Å². The van der Waals surface area contributed by atoms with E-state index < -0.39 is 0 Å². The van der Waals surface area contributed by atoms with Gasteiger partial charge in [-0.05, 0) is 42.8 Å². The van der Waals surface area contributed by atoms with Crippen LogP contribution in [0.4, 0.5) is 17.3 Å². The second-order valence-corrected chi connectivity index (χ2v) is 6.94. The van der Waals surface area contributed by atoms with Crippen molar-refractivity contribution in [3.05, 3.63) is 71.3 Å². The number of hydrogen-bond acceptors (Lipinski definition) is 7. The molecule has 1 N–H and O–H groups in total. The molecule has 0 aliphatic carbocycles. The molecule has 1 atom stereocenters. The Labute approximate surface area is 169 Å². The molecule has 29 heavy (non-hydrogen) atoms. The van der Waals surface area contributed by atoms with Gasteiger partial charge in [0.2, 0.25) is 5.95 Å². The number of anilines is 3. The number of morpholine rings is 1. The largest absolute Gasteiger partial charge is 0.378 e. The van der Waals surface area contributed by atoms with Gasteiger partial charge in [-0.15, -0.1) is 0 Å². The van der Waals surface area contributed by atoms with Crippen LogP contribution in [-0.2, 0) is 4.74 Å². The fourth-order valence-electron chi connectivity index (χ4n) is 3.28. The fraction of sp³-hybridized carbons (Fsp3) is 0.273. The van der Waals surface area contributed by atoms with E-state index in [1.54, 1.807) is 13.1 Å². The summed E-state index contributed by atoms with van der Waals surface area (Å²) >= 11 is 0. The number of ether oxygens (including phenoxy) is 1. The molecule has 1 fully saturated rings. The molecule has 1 aliphatic heterocycles. The molecule has 2 aromatic carbocycles. The number of nitrogens with one attached hydrogen (secondary N) is 1. The lowest BCUT2D eigenvalue weighted by atomic mass is 10.1. The number of nitrogens with zero attached hydrogens (tertiary/aromatic N) is 4. The lowest BCUT2D eigenvalue weighted by Crippen LogP contribution is -2.36. The van der Waals surface area contributed by atoms with Crippen LogP contribution in [0, 0.1) is 4.91 Å². The van der Waals surface area contributed by atoms with E-state index in [0.717, 1.165) is 48.8 Å². The smallest absolute Gasteiger partial charge is 0.227 e. The Hall–Kier alpha value is -3.32. The maximum atomic E-state index is 10.7. The predicted octanol–water partition coefficient (Wildman–Crippen LogP) is 4.55. The Morgan fingerprint density at radius 3 is 2.45 bits per heavy atom. The third kappa shape index (κ3) is 4.57. The second-order valence-electron chi connectivity index (χ2n) is 6.94. The summed E-state index contributed by atoms with van der Waals surface area (Å²) in [5.41, 5.74) is 4.77. The van der Waals surface area contributed by atoms with Crippen LogP contribution >= 0.6 is 0 Å². The molecule has 1 aromatic heterocycles. The number of rotatable bonds is 6. The normalized spacial score (nSPS) is 15.0. The number of benzene rings is 2. The van der Waals surface area contributed by atoms with Crippen molar-refractivity contribution in [2.24, 2.45) is 5.18 Å². The summed E-state index contributed by atoms with van der Waals surface area (Å²) in [7, 11) is 0. The lowest BCUT2D eigenvalue weighted by Gasteiger charge is -2.28. The van der Waals surface area contributed by atoms with Gasteiger partial charge in [0.1, 0.15) is 6.04 Å². The summed E-state index contributed by atoms with van der Waals surface area (Å²) in [5, 5.41) is 6.32. The zero-order chi connectivity index (χ0) is 20.1. The van der Waals surface area contributed by atoms with Crippen molar-refractivity contribution >= 4 is 17.3 Å². The standard InChI is InChI=1S/C22H23N5O2/c1-16(26-28)17-2-4-18(5-3-17)21-10-11-23-22(25-21)24-19-6-8-20(9-7-19)27-12-14-29-15-13-27/h2-11,16H,12-15H2,1H3,(H,23,24,25). The molecule has 148 valence electrons. The van der Waals surface area contributed by atoms with Crippen LogP contribution in [0.25, 0.3) is 11.3 Å². The van der Waals surface area contributed by atoms with Gasteiger partial charge in [-0.25, -0.2) is 9.97 Å². The Bertz CT molecular complexity index is 954. The van der Waals surface area contributed by atoms with Crippen LogP contribution in [0.5, 0.6) is 0 Å². The molecule has 1 saturated heterocycles. The first kappa shape index (κ1) is 19.0. The van der Waals surface area contributed by atoms with E-state index >= 15 is 0 Å². The van der Waals surface area contributed by atoms with Gasteiger partial charge in [0.25, 0.3) is 0 Å². The maximum absolute atomic E-state index is 10.7. The molecule has 0 amide bonds. The topological polar surface area (TPSA) is 79.7 Å². The average molecular weight is 389 g/mol. The Kier molecular flexibility index (Phi) is 5.76. The summed E-state index contributed by atoms with van der Waals surface area (Å²) in [6.07, 6.45) is 1.73. The molecule has 4 rings (SSSR count). The number of aromatic nitrogens is 2. The van der Waals surface area contributed by atoms with Crippen molar-refractivity contribution < 1.29 is 4.74 Å². The van der Waals surface area contributed by atoms with E-state index in [0.29, 0.717) is 5.95 Å². The Morgan fingerprint density at radius 2 is 1.76 bits per heavy atom. The molecule has 7 nitrogen and oxygen atoms in total. The molecule has 2 heterocycles. The predicted molar refractivity (Wildman–Crippen MR) is 114 cm³/mol. The van der Waals surface area contributed by atoms with Gasteiger partial charge < -0.3 is 15.0 Å². The summed E-state index contributed by atoms with van der Waals surface area (Å²) in [6, 6.07) is 17.5. The fourth-order valence-corrected chi connectivity index (χ4v) is 3.28. The first-order valence-electron chi connectivity index (χ1n) is 9.68. The highest BCUT2D eigenvalue weighted by Crippen LogP contribution is 2.24. The molecule has 0 bridgehead atoms. The molecule has 0 radical (unpaired) electrons. The van der Waals surface area contributed by atoms with E-state index in [-0.39, 0.29) is 6.04 Å². The first-order chi connectivity index (χ1) is 14.2. The van der Waals surface area contributed by atoms with E-state index in [1.165, 1.54) is 5.69 Å². The highest BCUT2D eigenvalue weighted by atomic mass is 16.5. The third-order valence-electron chi connectivity index (χ3n) is 5.00. The quantitative estimate of drug-likeness (QED) is 0.623. The molecular formula is C22H23N5O2. The highest BCUT2D eigenvalue weighted by Gasteiger charge is 2.11. The van der Waals surface area contributed by atoms with Crippen LogP contribution in [0.15, 0.2) is 66.0 Å². The highest BCUT2D eigenvalue weighted by molar-refractivity contribution is 5.63. The van der Waals surface area contributed by atoms with Crippen LogP contribution in [0.1, 0.15) is 18.5 Å². The van der Waals surface area contributed by atoms with Crippen LogP contribution < -0.4 is 10.2 Å². The minimum absolute atomic E-state index is 0.355. The van der Waals surface area contributed by atoms with Crippen LogP contribution in [-0.4, -0.2) is 36.3 Å². The van der Waals surface area contributed by atoms with Gasteiger partial charge in [-0.3, -0.25) is 0 Å². The van der Waals surface area contributed by atoms with Crippen molar-refractivity contribution in [2.75, 3.05) is 36.5 Å². The summed E-state index contributed by atoms with van der Waals surface area (Å²) in [6.45, 7) is 5.15. The molecule has 3 aromatic rings. The Morgan fingerprint density at radius 1 is 1.03 bits per heavy atom. The molecule has 7 heteroatoms. The molecular weight excluding hydrogens is 366 g/mol. The Balaban J connectivity index is 1.46. The third-order valence-corrected chi connectivity index (χ3v) is 5.00. The minimum atomic E-state index is -0.355. The maximum Gasteiger partial charge on any atom is 0.227 e. The zero-order valence-electron chi connectivity index (χ0n) is 16.3. The lowest BCUT2D eigenvalue weighted by molar-refractivity contribution is 0.122. The van der Waals surface area contributed by atoms with Gasteiger partial charge in [-0.2, -0.15) is 4.91 Å². The molecule has 0 spiro atoms. The van der Waals surface area contributed by atoms with Crippen molar-refractivity contribution in [3.63, 3.8) is 0 Å². The minimum Gasteiger partial charge on any atom is -0.378 e. The van der Waals surface area contributed by atoms with Crippen LogP contribution in [0.3, 0.4) is 0 Å². The summed E-state index contributed by atoms with van der Waals surface area (Å²) < 4.78 is 5.41. The van der Waals surface area contributed by atoms with Crippen molar-refractivity contribution in [1.29, 1.82) is 0 Å². The zero-order valence-corrected chi connectivity index (χ0v) is 16.3. The average Bonchev–Trinajstić information content (AvgIpc) is 2.80. The second kappa shape index (κ2) is 8.79. The van der Waals surface area contributed by atoms with E-state index in [4.69, 9.17) is 4.74 Å². The monoisotopic (exact) mass is 389 g/mol. The molecule has 1 aliphatic rings. The van der Waals surface area contributed by atoms with E-state index in [1.807, 2.05) is 42.5 Å². The van der Waals surface area contributed by atoms with Crippen molar-refractivity contribution in [1.82, 2.24) is 9.97 Å². The summed E-state index contributed by atoms with van der Waals surface area (Å²) in [5.74, 6) is 0.536. The number of nitroso groups, excluding NO2 is 1. The molecule has 0 saturated carbocycles. The molecule has 1 unspecified atom stereocenters. The van der Waals surface area contributed by atoms with Gasteiger partial charge >= 0.3 is 0 Å². The van der Waals surface area contributed by atoms with Crippen LogP contribution in [0.2, 0.25) is 0 Å². The first-order valence-corrected chi connectivity index (χ1v) is 9.68. The van der Waals surface area contributed by atoms with Crippen molar-refractivity contribution in [3.8, 4) is 11.3 Å². The van der Waals surface area contributed by atoms with Gasteiger partial charge in [0.05, 0.1) is 18.9 Å². The number of hydrogen-bond donors (Lipinski definition) is 1.